The van der Waals surface area contributed by atoms with E-state index >= 15 is 0 Å². The van der Waals surface area contributed by atoms with Crippen LogP contribution in [0.2, 0.25) is 0 Å². The molecule has 1 aliphatic heterocycles. The molecular weight excluding hydrogens is 419 g/mol. The van der Waals surface area contributed by atoms with Crippen molar-refractivity contribution in [3.63, 3.8) is 0 Å². The lowest BCUT2D eigenvalue weighted by Gasteiger charge is -2.70. The van der Waals surface area contributed by atoms with Crippen molar-refractivity contribution in [1.29, 1.82) is 0 Å². The Morgan fingerprint density at radius 3 is 2.38 bits per heavy atom. The first-order valence-corrected chi connectivity index (χ1v) is 12.0. The summed E-state index contributed by atoms with van der Waals surface area (Å²) in [5, 5.41) is 0. The first-order chi connectivity index (χ1) is 13.6. The third kappa shape index (κ3) is 2.79. The Kier molecular flexibility index (Phi) is 4.49. The number of phosphoric ester groups is 1. The van der Waals surface area contributed by atoms with Gasteiger partial charge >= 0.3 is 7.82 Å². The largest absolute Gasteiger partial charge is 0.524 e. The molecule has 4 aliphatic carbocycles. The van der Waals surface area contributed by atoms with E-state index in [1.165, 1.54) is 0 Å². The molecular formula is C20H26ClO7P. The van der Waals surface area contributed by atoms with E-state index in [4.69, 9.17) is 30.6 Å². The molecule has 1 heterocycles. The van der Waals surface area contributed by atoms with Gasteiger partial charge in [0.05, 0.1) is 0 Å². The zero-order chi connectivity index (χ0) is 20.7. The molecule has 1 aromatic rings. The molecule has 4 bridgehead atoms. The fourth-order valence-electron chi connectivity index (χ4n) is 6.61. The number of hydrogen-bond donors (Lipinski definition) is 2. The average Bonchev–Trinajstić information content (AvgIpc) is 2.59. The molecule has 1 aromatic carbocycles. The van der Waals surface area contributed by atoms with Crippen LogP contribution >= 0.6 is 19.4 Å². The normalized spacial score (nSPS) is 42.9. The van der Waals surface area contributed by atoms with Gasteiger partial charge in [-0.1, -0.05) is 19.1 Å². The van der Waals surface area contributed by atoms with Gasteiger partial charge in [-0.3, -0.25) is 9.79 Å². The van der Waals surface area contributed by atoms with Gasteiger partial charge < -0.3 is 9.26 Å². The molecule has 1 saturated heterocycles. The standard InChI is InChI=1S/C20H26ClO7P/c1-3-13-4-5-14(8-17(13)26-29(22,23)24)20(25-2)19(27-28-20)15-6-12-7-16(19)11-18(21,9-12)10-15/h4-5,8,12,15-16H,3,6-7,9-11H2,1-2H3,(H2,22,23,24). The summed E-state index contributed by atoms with van der Waals surface area (Å²) < 4.78 is 22.5. The second kappa shape index (κ2) is 6.42. The fourth-order valence-corrected chi connectivity index (χ4v) is 7.63. The highest BCUT2D eigenvalue weighted by molar-refractivity contribution is 7.46. The molecule has 5 fully saturated rings. The minimum atomic E-state index is -4.70. The van der Waals surface area contributed by atoms with Crippen LogP contribution in [-0.4, -0.2) is 27.4 Å². The van der Waals surface area contributed by atoms with Crippen molar-refractivity contribution < 1.29 is 33.4 Å². The highest BCUT2D eigenvalue weighted by Crippen LogP contribution is 2.71. The Balaban J connectivity index is 1.58. The van der Waals surface area contributed by atoms with Crippen molar-refractivity contribution in [2.24, 2.45) is 17.8 Å². The van der Waals surface area contributed by atoms with Crippen LogP contribution in [-0.2, 0) is 31.3 Å². The Hall–Kier alpha value is -0.660. The van der Waals surface area contributed by atoms with E-state index in [-0.39, 0.29) is 22.5 Å². The topological polar surface area (TPSA) is 94.5 Å². The van der Waals surface area contributed by atoms with Gasteiger partial charge in [-0.2, -0.15) is 4.89 Å². The highest BCUT2D eigenvalue weighted by atomic mass is 35.5. The van der Waals surface area contributed by atoms with Crippen molar-refractivity contribution in [2.45, 2.75) is 61.7 Å². The van der Waals surface area contributed by atoms with Gasteiger partial charge in [0, 0.05) is 17.5 Å². The maximum atomic E-state index is 11.5. The van der Waals surface area contributed by atoms with Crippen molar-refractivity contribution in [2.75, 3.05) is 7.11 Å². The summed E-state index contributed by atoms with van der Waals surface area (Å²) in [6.07, 6.45) is 5.39. The van der Waals surface area contributed by atoms with Crippen LogP contribution in [0.3, 0.4) is 0 Å². The zero-order valence-corrected chi connectivity index (χ0v) is 18.1. The maximum Gasteiger partial charge on any atom is 0.524 e. The molecule has 0 aromatic heterocycles. The van der Waals surface area contributed by atoms with Gasteiger partial charge in [0.1, 0.15) is 5.75 Å². The van der Waals surface area contributed by atoms with Crippen LogP contribution in [0.15, 0.2) is 18.2 Å². The van der Waals surface area contributed by atoms with Crippen molar-refractivity contribution in [3.8, 4) is 5.75 Å². The van der Waals surface area contributed by atoms with E-state index in [0.717, 1.165) is 32.1 Å². The smallest absolute Gasteiger partial charge is 0.404 e. The molecule has 9 heteroatoms. The first kappa shape index (κ1) is 20.3. The number of halogens is 1. The molecule has 5 aliphatic rings. The number of methoxy groups -OCH3 is 1. The van der Waals surface area contributed by atoms with E-state index < -0.39 is 19.2 Å². The number of benzene rings is 1. The van der Waals surface area contributed by atoms with E-state index in [0.29, 0.717) is 23.5 Å². The summed E-state index contributed by atoms with van der Waals surface area (Å²) in [7, 11) is -3.11. The molecule has 3 unspecified atom stereocenters. The minimum absolute atomic E-state index is 0.137. The summed E-state index contributed by atoms with van der Waals surface area (Å²) in [6.45, 7) is 1.90. The van der Waals surface area contributed by atoms with Crippen LogP contribution in [0.4, 0.5) is 0 Å². The van der Waals surface area contributed by atoms with Gasteiger partial charge in [-0.25, -0.2) is 9.45 Å². The van der Waals surface area contributed by atoms with Crippen LogP contribution < -0.4 is 4.52 Å². The zero-order valence-electron chi connectivity index (χ0n) is 16.5. The monoisotopic (exact) mass is 444 g/mol. The molecule has 0 amide bonds. The van der Waals surface area contributed by atoms with E-state index in [2.05, 4.69) is 0 Å². The molecule has 0 radical (unpaired) electrons. The molecule has 160 valence electrons. The summed E-state index contributed by atoms with van der Waals surface area (Å²) in [5.41, 5.74) is 0.690. The quantitative estimate of drug-likeness (QED) is 0.402. The SMILES string of the molecule is CCc1ccc(C2(OC)OOC23C2CC4CC3CC(Cl)(C4)C2)cc1OP(=O)(O)O. The lowest BCUT2D eigenvalue weighted by Crippen LogP contribution is -2.78. The molecule has 6 rings (SSSR count). The van der Waals surface area contributed by atoms with Crippen molar-refractivity contribution in [1.82, 2.24) is 0 Å². The Morgan fingerprint density at radius 1 is 1.21 bits per heavy atom. The van der Waals surface area contributed by atoms with E-state index in [9.17, 15) is 14.4 Å². The second-order valence-corrected chi connectivity index (χ2v) is 11.0. The molecule has 2 N–H and O–H groups in total. The number of aryl methyl sites for hydroxylation is 1. The molecule has 1 spiro atoms. The van der Waals surface area contributed by atoms with Crippen LogP contribution in [0.1, 0.15) is 50.2 Å². The van der Waals surface area contributed by atoms with Crippen molar-refractivity contribution >= 4 is 19.4 Å². The second-order valence-electron chi connectivity index (χ2n) is 9.03. The van der Waals surface area contributed by atoms with Gasteiger partial charge in [0.15, 0.2) is 5.60 Å². The summed E-state index contributed by atoms with van der Waals surface area (Å²) in [4.78, 5) is 30.1. The van der Waals surface area contributed by atoms with Gasteiger partial charge in [0.2, 0.25) is 0 Å². The fraction of sp³-hybridized carbons (Fsp3) is 0.700. The van der Waals surface area contributed by atoms with Crippen LogP contribution in [0.25, 0.3) is 0 Å². The van der Waals surface area contributed by atoms with Gasteiger partial charge in [-0.15, -0.1) is 11.6 Å². The maximum absolute atomic E-state index is 11.5. The predicted molar refractivity (Wildman–Crippen MR) is 104 cm³/mol. The Bertz CT molecular complexity index is 866. The summed E-state index contributed by atoms with van der Waals surface area (Å²) in [6, 6.07) is 5.30. The number of alkyl halides is 1. The lowest BCUT2D eigenvalue weighted by atomic mass is 9.46. The Labute approximate surface area is 174 Å². The number of phosphoric acid groups is 1. The number of ether oxygens (including phenoxy) is 1. The van der Waals surface area contributed by atoms with Gasteiger partial charge in [-0.05, 0) is 67.9 Å². The third-order valence-corrected chi connectivity index (χ3v) is 8.37. The van der Waals surface area contributed by atoms with E-state index in [1.54, 1.807) is 19.2 Å². The minimum Gasteiger partial charge on any atom is -0.404 e. The van der Waals surface area contributed by atoms with Gasteiger partial charge in [0.25, 0.3) is 5.79 Å². The summed E-state index contributed by atoms with van der Waals surface area (Å²) >= 11 is 6.92. The number of hydrogen-bond acceptors (Lipinski definition) is 5. The first-order valence-electron chi connectivity index (χ1n) is 10.1. The van der Waals surface area contributed by atoms with Crippen LogP contribution in [0.5, 0.6) is 5.75 Å². The predicted octanol–water partition coefficient (Wildman–Crippen LogP) is 4.04. The molecule has 4 saturated carbocycles. The number of rotatable bonds is 5. The lowest BCUT2D eigenvalue weighted by molar-refractivity contribution is -0.645. The average molecular weight is 445 g/mol. The molecule has 29 heavy (non-hydrogen) atoms. The molecule has 3 atom stereocenters. The third-order valence-electron chi connectivity index (χ3n) is 7.47. The Morgan fingerprint density at radius 2 is 1.90 bits per heavy atom. The van der Waals surface area contributed by atoms with Crippen LogP contribution in [0, 0.1) is 17.8 Å². The molecule has 7 nitrogen and oxygen atoms in total. The van der Waals surface area contributed by atoms with Crippen molar-refractivity contribution in [3.05, 3.63) is 29.3 Å². The van der Waals surface area contributed by atoms with E-state index in [1.807, 2.05) is 13.0 Å². The summed E-state index contributed by atoms with van der Waals surface area (Å²) in [5.74, 6) is -0.000332. The highest BCUT2D eigenvalue weighted by Gasteiger charge is 2.78.